The first-order valence-corrected chi connectivity index (χ1v) is 11.5. The Morgan fingerprint density at radius 1 is 1.16 bits per heavy atom. The van der Waals surface area contributed by atoms with Crippen molar-refractivity contribution in [3.05, 3.63) is 58.5 Å². The third-order valence-corrected chi connectivity index (χ3v) is 7.17. The van der Waals surface area contributed by atoms with Gasteiger partial charge in [-0.25, -0.2) is 0 Å². The maximum Gasteiger partial charge on any atom is 0.264 e. The van der Waals surface area contributed by atoms with Gasteiger partial charge < -0.3 is 15.0 Å². The Morgan fingerprint density at radius 3 is 2.65 bits per heavy atom. The number of likely N-dealkylation sites (N-methyl/N-ethyl adjacent to an activating group) is 1. The van der Waals surface area contributed by atoms with Crippen molar-refractivity contribution in [2.45, 2.75) is 43.5 Å². The van der Waals surface area contributed by atoms with E-state index in [2.05, 4.69) is 12.2 Å². The molecule has 0 aromatic heterocycles. The Bertz CT molecular complexity index is 1030. The molecule has 4 rings (SSSR count). The summed E-state index contributed by atoms with van der Waals surface area (Å²) in [6, 6.07) is 13.5. The number of hydrogen-bond acceptors (Lipinski definition) is 4. The van der Waals surface area contributed by atoms with Crippen LogP contribution >= 0.6 is 11.8 Å². The Hall–Kier alpha value is -2.73. The van der Waals surface area contributed by atoms with Crippen LogP contribution in [-0.4, -0.2) is 32.0 Å². The first kappa shape index (κ1) is 21.5. The smallest absolute Gasteiger partial charge is 0.264 e. The normalized spacial score (nSPS) is 22.2. The van der Waals surface area contributed by atoms with Crippen molar-refractivity contribution in [2.75, 3.05) is 19.1 Å². The van der Waals surface area contributed by atoms with Gasteiger partial charge in [0.2, 0.25) is 0 Å². The zero-order chi connectivity index (χ0) is 22.0. The lowest BCUT2D eigenvalue weighted by Gasteiger charge is -2.28. The summed E-state index contributed by atoms with van der Waals surface area (Å²) in [5.41, 5.74) is 2.21. The highest BCUT2D eigenvalue weighted by molar-refractivity contribution is 8.04. The summed E-state index contributed by atoms with van der Waals surface area (Å²) in [7, 11) is 3.37. The van der Waals surface area contributed by atoms with Gasteiger partial charge in [0.25, 0.3) is 11.8 Å². The quantitative estimate of drug-likeness (QED) is 0.677. The third kappa shape index (κ3) is 4.64. The molecule has 2 amide bonds. The van der Waals surface area contributed by atoms with Crippen LogP contribution in [0.3, 0.4) is 0 Å². The van der Waals surface area contributed by atoms with E-state index < -0.39 is 0 Å². The second-order valence-corrected chi connectivity index (χ2v) is 9.41. The van der Waals surface area contributed by atoms with E-state index in [0.29, 0.717) is 10.5 Å². The summed E-state index contributed by atoms with van der Waals surface area (Å²) in [5, 5.41) is 3.17. The average molecular weight is 437 g/mol. The molecule has 2 aromatic rings. The van der Waals surface area contributed by atoms with Crippen LogP contribution in [0.25, 0.3) is 6.08 Å². The highest BCUT2D eigenvalue weighted by Gasteiger charge is 2.28. The predicted octanol–water partition coefficient (Wildman–Crippen LogP) is 5.11. The summed E-state index contributed by atoms with van der Waals surface area (Å²) in [4.78, 5) is 29.0. The molecule has 2 aromatic carbocycles. The molecule has 0 bridgehead atoms. The van der Waals surface area contributed by atoms with E-state index in [-0.39, 0.29) is 17.9 Å². The fraction of sp³-hybridized carbons (Fsp3) is 0.360. The SMILES string of the molecule is COc1ccccc1C=C1Sc2ccc(C(=O)NC3CCC(C)CC3)cc2N(C)C1=O. The standard InChI is InChI=1S/C25H28N2O3S/c1-16-8-11-19(12-9-16)26-24(28)18-10-13-22-20(14-18)27(2)25(29)23(31-22)15-17-6-4-5-7-21(17)30-3/h4-7,10,13-16,19H,8-9,11-12H2,1-3H3,(H,26,28). The lowest BCUT2D eigenvalue weighted by molar-refractivity contribution is -0.114. The molecular formula is C25H28N2O3S. The summed E-state index contributed by atoms with van der Waals surface area (Å²) >= 11 is 1.42. The van der Waals surface area contributed by atoms with Gasteiger partial charge in [-0.05, 0) is 61.9 Å². The molecule has 1 saturated carbocycles. The highest BCUT2D eigenvalue weighted by atomic mass is 32.2. The molecule has 1 aliphatic carbocycles. The van der Waals surface area contributed by atoms with E-state index in [9.17, 15) is 9.59 Å². The lowest BCUT2D eigenvalue weighted by atomic mass is 9.87. The first-order chi connectivity index (χ1) is 15.0. The number of nitrogens with zero attached hydrogens (tertiary/aromatic N) is 1. The van der Waals surface area contributed by atoms with Crippen molar-refractivity contribution >= 4 is 35.3 Å². The van der Waals surface area contributed by atoms with Crippen LogP contribution in [0.1, 0.15) is 48.5 Å². The van der Waals surface area contributed by atoms with Gasteiger partial charge in [-0.3, -0.25) is 9.59 Å². The van der Waals surface area contributed by atoms with Gasteiger partial charge in [0, 0.05) is 29.1 Å². The number of para-hydroxylation sites is 1. The van der Waals surface area contributed by atoms with Crippen LogP contribution in [0.15, 0.2) is 52.3 Å². The minimum absolute atomic E-state index is 0.0661. The average Bonchev–Trinajstić information content (AvgIpc) is 2.79. The van der Waals surface area contributed by atoms with Crippen molar-refractivity contribution in [1.82, 2.24) is 5.32 Å². The van der Waals surface area contributed by atoms with Crippen molar-refractivity contribution < 1.29 is 14.3 Å². The van der Waals surface area contributed by atoms with Crippen molar-refractivity contribution in [3.8, 4) is 5.75 Å². The number of anilines is 1. The predicted molar refractivity (Wildman–Crippen MR) is 126 cm³/mol. The molecule has 0 radical (unpaired) electrons. The number of amides is 2. The van der Waals surface area contributed by atoms with Crippen LogP contribution in [0.5, 0.6) is 5.75 Å². The number of rotatable bonds is 4. The number of carbonyl (C=O) groups is 2. The summed E-state index contributed by atoms with van der Waals surface area (Å²) < 4.78 is 5.41. The van der Waals surface area contributed by atoms with E-state index in [0.717, 1.165) is 53.5 Å². The minimum Gasteiger partial charge on any atom is -0.496 e. The molecule has 0 saturated heterocycles. The topological polar surface area (TPSA) is 58.6 Å². The van der Waals surface area contributed by atoms with Crippen molar-refractivity contribution in [1.29, 1.82) is 0 Å². The zero-order valence-corrected chi connectivity index (χ0v) is 19.0. The van der Waals surface area contributed by atoms with Gasteiger partial charge >= 0.3 is 0 Å². The Balaban J connectivity index is 1.55. The second kappa shape index (κ2) is 9.18. The lowest BCUT2D eigenvalue weighted by Crippen LogP contribution is -2.37. The first-order valence-electron chi connectivity index (χ1n) is 10.7. The molecule has 31 heavy (non-hydrogen) atoms. The van der Waals surface area contributed by atoms with E-state index in [1.54, 1.807) is 19.1 Å². The number of hydrogen-bond donors (Lipinski definition) is 1. The van der Waals surface area contributed by atoms with E-state index in [1.165, 1.54) is 11.8 Å². The van der Waals surface area contributed by atoms with E-state index in [1.807, 2.05) is 48.5 Å². The molecule has 0 spiro atoms. The molecule has 162 valence electrons. The molecule has 2 aliphatic rings. The zero-order valence-electron chi connectivity index (χ0n) is 18.2. The number of thioether (sulfide) groups is 1. The number of methoxy groups -OCH3 is 1. The fourth-order valence-corrected chi connectivity index (χ4v) is 5.22. The highest BCUT2D eigenvalue weighted by Crippen LogP contribution is 2.42. The van der Waals surface area contributed by atoms with E-state index >= 15 is 0 Å². The minimum atomic E-state index is -0.0952. The largest absolute Gasteiger partial charge is 0.496 e. The number of benzene rings is 2. The molecule has 6 heteroatoms. The number of carbonyl (C=O) groups excluding carboxylic acids is 2. The van der Waals surface area contributed by atoms with Crippen LogP contribution in [-0.2, 0) is 4.79 Å². The Morgan fingerprint density at radius 2 is 1.90 bits per heavy atom. The molecule has 1 N–H and O–H groups in total. The molecule has 0 atom stereocenters. The summed E-state index contributed by atoms with van der Waals surface area (Å²) in [6.45, 7) is 2.27. The Kier molecular flexibility index (Phi) is 6.37. The van der Waals surface area contributed by atoms with Gasteiger partial charge in [0.1, 0.15) is 5.75 Å². The van der Waals surface area contributed by atoms with Crippen LogP contribution in [0.4, 0.5) is 5.69 Å². The maximum absolute atomic E-state index is 13.0. The number of fused-ring (bicyclic) bond motifs is 1. The molecule has 1 heterocycles. The summed E-state index contributed by atoms with van der Waals surface area (Å²) in [5.74, 6) is 1.30. The monoisotopic (exact) mass is 436 g/mol. The molecule has 5 nitrogen and oxygen atoms in total. The second-order valence-electron chi connectivity index (χ2n) is 8.33. The molecule has 1 fully saturated rings. The van der Waals surface area contributed by atoms with Gasteiger partial charge in [0.05, 0.1) is 17.7 Å². The van der Waals surface area contributed by atoms with Crippen molar-refractivity contribution in [3.63, 3.8) is 0 Å². The van der Waals surface area contributed by atoms with Crippen LogP contribution in [0.2, 0.25) is 0 Å². The van der Waals surface area contributed by atoms with E-state index in [4.69, 9.17) is 4.74 Å². The van der Waals surface area contributed by atoms with Gasteiger partial charge in [-0.15, -0.1) is 0 Å². The fourth-order valence-electron chi connectivity index (χ4n) is 4.14. The van der Waals surface area contributed by atoms with Crippen molar-refractivity contribution in [2.24, 2.45) is 5.92 Å². The molecular weight excluding hydrogens is 408 g/mol. The number of ether oxygens (including phenoxy) is 1. The maximum atomic E-state index is 13.0. The molecule has 0 unspecified atom stereocenters. The van der Waals surface area contributed by atoms with Crippen LogP contribution in [0, 0.1) is 5.92 Å². The molecule has 1 aliphatic heterocycles. The number of nitrogens with one attached hydrogen (secondary N) is 1. The third-order valence-electron chi connectivity index (χ3n) is 6.09. The van der Waals surface area contributed by atoms with Crippen LogP contribution < -0.4 is 15.0 Å². The summed E-state index contributed by atoms with van der Waals surface area (Å²) in [6.07, 6.45) is 6.23. The van der Waals surface area contributed by atoms with Gasteiger partial charge in [-0.1, -0.05) is 36.9 Å². The van der Waals surface area contributed by atoms with Gasteiger partial charge in [0.15, 0.2) is 0 Å². The Labute approximate surface area is 187 Å². The van der Waals surface area contributed by atoms with Gasteiger partial charge in [-0.2, -0.15) is 0 Å².